The zero-order valence-corrected chi connectivity index (χ0v) is 6.45. The highest BCUT2D eigenvalue weighted by Crippen LogP contribution is 1.94. The van der Waals surface area contributed by atoms with E-state index in [-0.39, 0.29) is 12.3 Å². The van der Waals surface area contributed by atoms with E-state index < -0.39 is 0 Å². The molecule has 1 N–H and O–H groups in total. The van der Waals surface area contributed by atoms with E-state index in [1.807, 2.05) is 0 Å². The standard InChI is InChI=1S/C8H11NO2/c1-3-7(5-10)9-8(4-2)6-11/h3-5,11H,1,6H2,2H3/b8-4-,9-7?. The molecule has 3 heteroatoms. The number of aliphatic imine (C=N–C) groups is 1. The molecule has 0 aliphatic rings. The van der Waals surface area contributed by atoms with Crippen LogP contribution in [0.25, 0.3) is 0 Å². The lowest BCUT2D eigenvalue weighted by molar-refractivity contribution is -0.102. The molecule has 0 unspecified atom stereocenters. The Kier molecular flexibility index (Phi) is 4.94. The molecular weight excluding hydrogens is 142 g/mol. The number of carbonyl (C=O) groups is 1. The first-order valence-corrected chi connectivity index (χ1v) is 3.20. The number of nitrogens with zero attached hydrogens (tertiary/aromatic N) is 1. The van der Waals surface area contributed by atoms with Gasteiger partial charge in [-0.1, -0.05) is 12.7 Å². The molecule has 60 valence electrons. The molecule has 0 aliphatic heterocycles. The maximum Gasteiger partial charge on any atom is 0.168 e. The fourth-order valence-electron chi connectivity index (χ4n) is 0.477. The lowest BCUT2D eigenvalue weighted by Crippen LogP contribution is -1.97. The fraction of sp³-hybridized carbons (Fsp3) is 0.250. The van der Waals surface area contributed by atoms with Gasteiger partial charge in [-0.2, -0.15) is 0 Å². The van der Waals surface area contributed by atoms with Crippen LogP contribution >= 0.6 is 0 Å². The van der Waals surface area contributed by atoms with Crippen LogP contribution in [0, 0.1) is 0 Å². The first-order chi connectivity index (χ1) is 5.28. The smallest absolute Gasteiger partial charge is 0.168 e. The first kappa shape index (κ1) is 9.78. The highest BCUT2D eigenvalue weighted by molar-refractivity contribution is 6.33. The van der Waals surface area contributed by atoms with Crippen LogP contribution in [0.15, 0.2) is 29.4 Å². The Morgan fingerprint density at radius 1 is 1.73 bits per heavy atom. The maximum absolute atomic E-state index is 10.2. The van der Waals surface area contributed by atoms with Crippen molar-refractivity contribution in [3.8, 4) is 0 Å². The monoisotopic (exact) mass is 153 g/mol. The van der Waals surface area contributed by atoms with E-state index in [0.717, 1.165) is 0 Å². The Bertz CT molecular complexity index is 194. The summed E-state index contributed by atoms with van der Waals surface area (Å²) in [5, 5.41) is 8.64. The Balaban J connectivity index is 4.47. The van der Waals surface area contributed by atoms with E-state index in [0.29, 0.717) is 12.0 Å². The SMILES string of the molecule is C=CC(C=O)=N/C(=C\C)CO. The zero-order valence-electron chi connectivity index (χ0n) is 6.45. The summed E-state index contributed by atoms with van der Waals surface area (Å²) in [6, 6.07) is 0. The number of allylic oxidation sites excluding steroid dienone is 2. The van der Waals surface area contributed by atoms with Gasteiger partial charge in [-0.3, -0.25) is 4.79 Å². The fourth-order valence-corrected chi connectivity index (χ4v) is 0.477. The normalized spacial score (nSPS) is 12.9. The molecule has 0 heterocycles. The highest BCUT2D eigenvalue weighted by Gasteiger charge is 1.92. The molecule has 0 spiro atoms. The maximum atomic E-state index is 10.2. The summed E-state index contributed by atoms with van der Waals surface area (Å²) in [7, 11) is 0. The van der Waals surface area contributed by atoms with Crippen molar-refractivity contribution in [3.05, 3.63) is 24.4 Å². The molecule has 0 aliphatic carbocycles. The quantitative estimate of drug-likeness (QED) is 0.477. The number of aldehydes is 1. The molecule has 0 saturated carbocycles. The lowest BCUT2D eigenvalue weighted by atomic mass is 10.4. The Labute approximate surface area is 65.8 Å². The lowest BCUT2D eigenvalue weighted by Gasteiger charge is -1.94. The van der Waals surface area contributed by atoms with Crippen LogP contribution < -0.4 is 0 Å². The van der Waals surface area contributed by atoms with Gasteiger partial charge in [-0.05, 0) is 13.0 Å². The van der Waals surface area contributed by atoms with Crippen molar-refractivity contribution in [2.45, 2.75) is 6.92 Å². The van der Waals surface area contributed by atoms with Gasteiger partial charge in [0.15, 0.2) is 6.29 Å². The molecule has 0 atom stereocenters. The van der Waals surface area contributed by atoms with Crippen molar-refractivity contribution < 1.29 is 9.90 Å². The Morgan fingerprint density at radius 3 is 2.64 bits per heavy atom. The molecule has 11 heavy (non-hydrogen) atoms. The van der Waals surface area contributed by atoms with Crippen LogP contribution in [-0.4, -0.2) is 23.7 Å². The van der Waals surface area contributed by atoms with Crippen LogP contribution in [0.1, 0.15) is 6.92 Å². The number of carbonyl (C=O) groups excluding carboxylic acids is 1. The van der Waals surface area contributed by atoms with E-state index in [1.54, 1.807) is 13.0 Å². The van der Waals surface area contributed by atoms with Crippen LogP contribution in [0.3, 0.4) is 0 Å². The average molecular weight is 153 g/mol. The predicted octanol–water partition coefficient (Wildman–Crippen LogP) is 0.708. The number of aliphatic hydroxyl groups is 1. The molecule has 0 bridgehead atoms. The zero-order chi connectivity index (χ0) is 8.69. The number of rotatable bonds is 4. The topological polar surface area (TPSA) is 49.7 Å². The number of aliphatic hydroxyl groups excluding tert-OH is 1. The third kappa shape index (κ3) is 3.47. The highest BCUT2D eigenvalue weighted by atomic mass is 16.3. The van der Waals surface area contributed by atoms with Gasteiger partial charge in [0.05, 0.1) is 12.3 Å². The third-order valence-electron chi connectivity index (χ3n) is 1.10. The summed E-state index contributed by atoms with van der Waals surface area (Å²) in [6.45, 7) is 4.95. The molecule has 3 nitrogen and oxygen atoms in total. The van der Waals surface area contributed by atoms with Crippen molar-refractivity contribution in [2.24, 2.45) is 4.99 Å². The summed E-state index contributed by atoms with van der Waals surface area (Å²) in [5.74, 6) is 0. The van der Waals surface area contributed by atoms with Gasteiger partial charge >= 0.3 is 0 Å². The van der Waals surface area contributed by atoms with E-state index in [4.69, 9.17) is 5.11 Å². The second-order valence-electron chi connectivity index (χ2n) is 1.80. The van der Waals surface area contributed by atoms with Crippen LogP contribution in [0.5, 0.6) is 0 Å². The molecule has 0 saturated heterocycles. The van der Waals surface area contributed by atoms with Crippen LogP contribution in [0.2, 0.25) is 0 Å². The largest absolute Gasteiger partial charge is 0.390 e. The van der Waals surface area contributed by atoms with Gasteiger partial charge in [0.25, 0.3) is 0 Å². The van der Waals surface area contributed by atoms with Gasteiger partial charge in [0, 0.05) is 0 Å². The van der Waals surface area contributed by atoms with E-state index in [2.05, 4.69) is 11.6 Å². The number of hydrogen-bond acceptors (Lipinski definition) is 3. The van der Waals surface area contributed by atoms with Gasteiger partial charge in [-0.15, -0.1) is 0 Å². The van der Waals surface area contributed by atoms with E-state index in [9.17, 15) is 4.79 Å². The number of hydrogen-bond donors (Lipinski definition) is 1. The summed E-state index contributed by atoms with van der Waals surface area (Å²) in [6.07, 6.45) is 3.56. The van der Waals surface area contributed by atoms with Crippen molar-refractivity contribution >= 4 is 12.0 Å². The van der Waals surface area contributed by atoms with E-state index in [1.165, 1.54) is 6.08 Å². The minimum Gasteiger partial charge on any atom is -0.390 e. The van der Waals surface area contributed by atoms with Gasteiger partial charge < -0.3 is 5.11 Å². The predicted molar refractivity (Wildman–Crippen MR) is 44.5 cm³/mol. The van der Waals surface area contributed by atoms with Crippen LogP contribution in [-0.2, 0) is 4.79 Å². The summed E-state index contributed by atoms with van der Waals surface area (Å²) < 4.78 is 0. The molecule has 0 fully saturated rings. The summed E-state index contributed by atoms with van der Waals surface area (Å²) in [4.78, 5) is 14.0. The Morgan fingerprint density at radius 2 is 2.36 bits per heavy atom. The Hall–Kier alpha value is -1.22. The molecule has 0 aromatic rings. The van der Waals surface area contributed by atoms with Gasteiger partial charge in [-0.25, -0.2) is 4.99 Å². The van der Waals surface area contributed by atoms with Crippen molar-refractivity contribution in [1.29, 1.82) is 0 Å². The first-order valence-electron chi connectivity index (χ1n) is 3.20. The minimum atomic E-state index is -0.165. The second kappa shape index (κ2) is 5.56. The molecule has 0 amide bonds. The summed E-state index contributed by atoms with van der Waals surface area (Å²) in [5.41, 5.74) is 0.694. The molecular formula is C8H11NO2. The van der Waals surface area contributed by atoms with E-state index >= 15 is 0 Å². The van der Waals surface area contributed by atoms with Crippen molar-refractivity contribution in [1.82, 2.24) is 0 Å². The summed E-state index contributed by atoms with van der Waals surface area (Å²) >= 11 is 0. The molecule has 0 rings (SSSR count). The minimum absolute atomic E-state index is 0.165. The second-order valence-corrected chi connectivity index (χ2v) is 1.80. The van der Waals surface area contributed by atoms with Gasteiger partial charge in [0.1, 0.15) is 5.71 Å². The molecule has 0 radical (unpaired) electrons. The van der Waals surface area contributed by atoms with Gasteiger partial charge in [0.2, 0.25) is 0 Å². The van der Waals surface area contributed by atoms with Crippen molar-refractivity contribution in [2.75, 3.05) is 6.61 Å². The van der Waals surface area contributed by atoms with Crippen molar-refractivity contribution in [3.63, 3.8) is 0 Å². The average Bonchev–Trinajstić information content (AvgIpc) is 2.07. The molecule has 0 aromatic carbocycles. The third-order valence-corrected chi connectivity index (χ3v) is 1.10. The van der Waals surface area contributed by atoms with Crippen LogP contribution in [0.4, 0.5) is 0 Å². The molecule has 0 aromatic heterocycles.